The summed E-state index contributed by atoms with van der Waals surface area (Å²) >= 11 is 1.27. The van der Waals surface area contributed by atoms with Crippen molar-refractivity contribution < 1.29 is 28.2 Å². The summed E-state index contributed by atoms with van der Waals surface area (Å²) in [5.74, 6) is -0.557. The molecule has 0 aliphatic heterocycles. The topological polar surface area (TPSA) is 106 Å². The summed E-state index contributed by atoms with van der Waals surface area (Å²) < 4.78 is 23.9. The number of methoxy groups -OCH3 is 2. The minimum Gasteiger partial charge on any atom is -0.497 e. The van der Waals surface area contributed by atoms with Crippen molar-refractivity contribution in [1.29, 1.82) is 0 Å². The molecule has 0 saturated heterocycles. The predicted octanol–water partition coefficient (Wildman–Crippen LogP) is 5.98. The summed E-state index contributed by atoms with van der Waals surface area (Å²) in [6.07, 6.45) is 1.51. The van der Waals surface area contributed by atoms with Crippen LogP contribution in [0, 0.1) is 5.82 Å². The summed E-state index contributed by atoms with van der Waals surface area (Å²) in [5.41, 5.74) is 1.83. The Kier molecular flexibility index (Phi) is 10.3. The van der Waals surface area contributed by atoms with Crippen LogP contribution in [0.3, 0.4) is 0 Å². The second-order valence-corrected chi connectivity index (χ2v) is 9.86. The molecular weight excluding hydrogens is 557 g/mol. The molecule has 0 bridgehead atoms. The Bertz CT molecular complexity index is 1590. The summed E-state index contributed by atoms with van der Waals surface area (Å²) in [5, 5.41) is 8.23. The zero-order valence-electron chi connectivity index (χ0n) is 22.8. The van der Waals surface area contributed by atoms with Gasteiger partial charge in [-0.25, -0.2) is 4.39 Å². The predicted molar refractivity (Wildman–Crippen MR) is 162 cm³/mol. The Morgan fingerprint density at radius 1 is 0.810 bits per heavy atom. The molecule has 0 aliphatic rings. The molecule has 0 aromatic heterocycles. The number of carbonyl (C=O) groups excluding carboxylic acids is 3. The monoisotopic (exact) mass is 585 g/mol. The molecule has 3 N–H and O–H groups in total. The lowest BCUT2D eigenvalue weighted by Gasteiger charge is -2.13. The van der Waals surface area contributed by atoms with Crippen molar-refractivity contribution in [2.24, 2.45) is 0 Å². The van der Waals surface area contributed by atoms with Crippen LogP contribution in [0.25, 0.3) is 6.08 Å². The molecule has 0 spiro atoms. The Hall–Kier alpha value is -5.09. The van der Waals surface area contributed by atoms with Crippen molar-refractivity contribution in [2.75, 3.05) is 30.6 Å². The van der Waals surface area contributed by atoms with Crippen LogP contribution in [0.15, 0.2) is 108 Å². The van der Waals surface area contributed by atoms with Crippen LogP contribution in [0.4, 0.5) is 15.8 Å². The Labute approximate surface area is 246 Å². The van der Waals surface area contributed by atoms with Crippen LogP contribution in [0.2, 0.25) is 0 Å². The van der Waals surface area contributed by atoms with E-state index in [4.69, 9.17) is 9.47 Å². The van der Waals surface area contributed by atoms with Gasteiger partial charge in [0, 0.05) is 27.4 Å². The minimum atomic E-state index is -0.569. The van der Waals surface area contributed by atoms with Crippen LogP contribution in [-0.2, 0) is 9.59 Å². The maximum Gasteiger partial charge on any atom is 0.272 e. The van der Waals surface area contributed by atoms with Gasteiger partial charge in [0.2, 0.25) is 5.91 Å². The number of amides is 3. The fourth-order valence-corrected chi connectivity index (χ4v) is 4.55. The number of anilines is 2. The number of carbonyl (C=O) groups is 3. The highest BCUT2D eigenvalue weighted by Crippen LogP contribution is 2.27. The third-order valence-electron chi connectivity index (χ3n) is 5.86. The molecule has 42 heavy (non-hydrogen) atoms. The second kappa shape index (κ2) is 14.5. The molecule has 0 heterocycles. The molecule has 0 unspecified atom stereocenters. The van der Waals surface area contributed by atoms with Gasteiger partial charge in [0.15, 0.2) is 0 Å². The first-order valence-electron chi connectivity index (χ1n) is 12.7. The molecule has 4 aromatic rings. The fraction of sp³-hybridized carbons (Fsp3) is 0.0938. The highest BCUT2D eigenvalue weighted by atomic mass is 32.2. The number of hydrogen-bond donors (Lipinski definition) is 3. The first kappa shape index (κ1) is 29.9. The molecule has 8 nitrogen and oxygen atoms in total. The summed E-state index contributed by atoms with van der Waals surface area (Å²) in [4.78, 5) is 39.5. The van der Waals surface area contributed by atoms with Gasteiger partial charge in [-0.2, -0.15) is 0 Å². The van der Waals surface area contributed by atoms with Crippen molar-refractivity contribution in [3.63, 3.8) is 0 Å². The number of halogens is 1. The van der Waals surface area contributed by atoms with E-state index < -0.39 is 11.8 Å². The average Bonchev–Trinajstić information content (AvgIpc) is 3.01. The van der Waals surface area contributed by atoms with Gasteiger partial charge in [-0.1, -0.05) is 24.3 Å². The van der Waals surface area contributed by atoms with Gasteiger partial charge >= 0.3 is 0 Å². The number of thioether (sulfide) groups is 1. The zero-order chi connectivity index (χ0) is 29.9. The molecule has 0 radical (unpaired) electrons. The van der Waals surface area contributed by atoms with E-state index in [0.717, 1.165) is 4.90 Å². The normalized spacial score (nSPS) is 10.9. The number of hydrogen-bond acceptors (Lipinski definition) is 6. The molecule has 3 amide bonds. The summed E-state index contributed by atoms with van der Waals surface area (Å²) in [7, 11) is 3.03. The van der Waals surface area contributed by atoms with Gasteiger partial charge < -0.3 is 25.4 Å². The molecule has 0 atom stereocenters. The smallest absolute Gasteiger partial charge is 0.272 e. The molecule has 0 aliphatic carbocycles. The van der Waals surface area contributed by atoms with Gasteiger partial charge in [-0.3, -0.25) is 14.4 Å². The minimum absolute atomic E-state index is 0.0212. The molecule has 10 heteroatoms. The van der Waals surface area contributed by atoms with Crippen molar-refractivity contribution in [3.8, 4) is 11.5 Å². The quantitative estimate of drug-likeness (QED) is 0.148. The number of rotatable bonds is 11. The lowest BCUT2D eigenvalue weighted by Crippen LogP contribution is -2.30. The Morgan fingerprint density at radius 2 is 1.57 bits per heavy atom. The lowest BCUT2D eigenvalue weighted by atomic mass is 10.1. The number of ether oxygens (including phenoxy) is 2. The van der Waals surface area contributed by atoms with Gasteiger partial charge in [0.05, 0.1) is 20.0 Å². The van der Waals surface area contributed by atoms with E-state index >= 15 is 0 Å². The summed E-state index contributed by atoms with van der Waals surface area (Å²) in [6, 6.07) is 26.1. The maximum atomic E-state index is 13.5. The van der Waals surface area contributed by atoms with Crippen LogP contribution in [0.1, 0.15) is 15.9 Å². The van der Waals surface area contributed by atoms with Crippen LogP contribution in [0.5, 0.6) is 11.5 Å². The molecule has 0 fully saturated rings. The fourth-order valence-electron chi connectivity index (χ4n) is 3.79. The first-order valence-corrected chi connectivity index (χ1v) is 13.7. The average molecular weight is 586 g/mol. The van der Waals surface area contributed by atoms with E-state index in [9.17, 15) is 18.8 Å². The molecular formula is C32H28FN3O5S. The zero-order valence-corrected chi connectivity index (χ0v) is 23.7. The van der Waals surface area contributed by atoms with E-state index in [1.54, 1.807) is 72.8 Å². The van der Waals surface area contributed by atoms with Crippen LogP contribution >= 0.6 is 11.8 Å². The van der Waals surface area contributed by atoms with Gasteiger partial charge in [-0.15, -0.1) is 11.8 Å². The Morgan fingerprint density at radius 3 is 2.29 bits per heavy atom. The standard InChI is InChI=1S/C32H28FN3O5S/c1-40-26-15-16-29(41-2)22(17-26)18-28(36-31(38)21-7-4-3-5-8-21)32(39)35-25-9-6-10-27(19-25)42-20-30(37)34-24-13-11-23(33)12-14-24/h3-19H,20H2,1-2H3,(H,34,37)(H,35,39)(H,36,38)/b28-18+. The Balaban J connectivity index is 1.51. The number of benzene rings is 4. The third kappa shape index (κ3) is 8.45. The van der Waals surface area contributed by atoms with Gasteiger partial charge in [0.1, 0.15) is 23.0 Å². The van der Waals surface area contributed by atoms with Crippen LogP contribution < -0.4 is 25.4 Å². The number of nitrogens with one attached hydrogen (secondary N) is 3. The van der Waals surface area contributed by atoms with E-state index in [0.29, 0.717) is 34.0 Å². The van der Waals surface area contributed by atoms with E-state index in [-0.39, 0.29) is 23.2 Å². The van der Waals surface area contributed by atoms with E-state index in [2.05, 4.69) is 16.0 Å². The highest BCUT2D eigenvalue weighted by molar-refractivity contribution is 8.00. The lowest BCUT2D eigenvalue weighted by molar-refractivity contribution is -0.114. The van der Waals surface area contributed by atoms with Gasteiger partial charge in [0.25, 0.3) is 11.8 Å². The van der Waals surface area contributed by atoms with Crippen molar-refractivity contribution in [2.45, 2.75) is 4.90 Å². The van der Waals surface area contributed by atoms with Crippen molar-refractivity contribution >= 4 is 46.9 Å². The second-order valence-electron chi connectivity index (χ2n) is 8.81. The van der Waals surface area contributed by atoms with E-state index in [1.807, 2.05) is 0 Å². The first-order chi connectivity index (χ1) is 20.3. The van der Waals surface area contributed by atoms with Crippen molar-refractivity contribution in [1.82, 2.24) is 5.32 Å². The van der Waals surface area contributed by atoms with Crippen molar-refractivity contribution in [3.05, 3.63) is 120 Å². The molecule has 4 aromatic carbocycles. The largest absolute Gasteiger partial charge is 0.497 e. The molecule has 214 valence electrons. The maximum absolute atomic E-state index is 13.5. The third-order valence-corrected chi connectivity index (χ3v) is 6.85. The molecule has 0 saturated carbocycles. The van der Waals surface area contributed by atoms with Crippen LogP contribution in [-0.4, -0.2) is 37.7 Å². The SMILES string of the molecule is COc1ccc(OC)c(/C=C(/NC(=O)c2ccccc2)C(=O)Nc2cccc(SCC(=O)Nc3ccc(F)cc3)c2)c1. The molecule has 4 rings (SSSR count). The summed E-state index contributed by atoms with van der Waals surface area (Å²) in [6.45, 7) is 0. The van der Waals surface area contributed by atoms with Gasteiger partial charge in [-0.05, 0) is 78.9 Å². The highest BCUT2D eigenvalue weighted by Gasteiger charge is 2.17. The van der Waals surface area contributed by atoms with E-state index in [1.165, 1.54) is 56.3 Å².